The lowest BCUT2D eigenvalue weighted by atomic mass is 10.1. The number of carbonyl (C=O) groups is 2. The van der Waals surface area contributed by atoms with Crippen LogP contribution in [0.3, 0.4) is 0 Å². The van der Waals surface area contributed by atoms with E-state index in [9.17, 15) is 14.9 Å². The fraction of sp³-hybridized carbons (Fsp3) is 0.292. The number of esters is 2. The first-order valence-corrected chi connectivity index (χ1v) is 9.84. The van der Waals surface area contributed by atoms with Gasteiger partial charge in [-0.3, -0.25) is 0 Å². The van der Waals surface area contributed by atoms with Gasteiger partial charge in [0.25, 0.3) is 0 Å². The van der Waals surface area contributed by atoms with Crippen molar-refractivity contribution >= 4 is 18.0 Å². The molecule has 31 heavy (non-hydrogen) atoms. The van der Waals surface area contributed by atoms with E-state index >= 15 is 0 Å². The van der Waals surface area contributed by atoms with Crippen molar-refractivity contribution in [3.63, 3.8) is 0 Å². The van der Waals surface area contributed by atoms with Gasteiger partial charge < -0.3 is 18.9 Å². The van der Waals surface area contributed by atoms with Crippen molar-refractivity contribution < 1.29 is 28.5 Å². The minimum Gasteiger partial charge on any atom is -0.490 e. The summed E-state index contributed by atoms with van der Waals surface area (Å²) in [4.78, 5) is 24.1. The summed E-state index contributed by atoms with van der Waals surface area (Å²) in [6.45, 7) is 7.52. The average molecular weight is 423 g/mol. The lowest BCUT2D eigenvalue weighted by Gasteiger charge is -2.13. The summed E-state index contributed by atoms with van der Waals surface area (Å²) in [6.07, 6.45) is 1.38. The zero-order valence-corrected chi connectivity index (χ0v) is 18.1. The number of hydrogen-bond acceptors (Lipinski definition) is 7. The van der Waals surface area contributed by atoms with Crippen LogP contribution in [0.15, 0.2) is 42.0 Å². The Morgan fingerprint density at radius 3 is 2.42 bits per heavy atom. The number of benzene rings is 2. The second kappa shape index (κ2) is 11.4. The first-order chi connectivity index (χ1) is 14.9. The minimum absolute atomic E-state index is 0.143. The molecule has 0 fully saturated rings. The van der Waals surface area contributed by atoms with E-state index in [4.69, 9.17) is 18.9 Å². The van der Waals surface area contributed by atoms with Gasteiger partial charge in [-0.25, -0.2) is 9.59 Å². The molecule has 0 N–H and O–H groups in total. The maximum atomic E-state index is 12.3. The lowest BCUT2D eigenvalue weighted by Crippen LogP contribution is -2.18. The Labute approximate surface area is 181 Å². The highest BCUT2D eigenvalue weighted by atomic mass is 16.6. The predicted octanol–water partition coefficient (Wildman–Crippen LogP) is 4.16. The number of nitriles is 1. The van der Waals surface area contributed by atoms with Gasteiger partial charge in [0.2, 0.25) is 0 Å². The van der Waals surface area contributed by atoms with Crippen LogP contribution in [0.1, 0.15) is 30.5 Å². The van der Waals surface area contributed by atoms with Gasteiger partial charge >= 0.3 is 11.9 Å². The van der Waals surface area contributed by atoms with Gasteiger partial charge in [0.1, 0.15) is 17.4 Å². The maximum Gasteiger partial charge on any atom is 0.349 e. The van der Waals surface area contributed by atoms with Crippen LogP contribution in [0.5, 0.6) is 17.2 Å². The molecule has 0 heterocycles. The second-order valence-corrected chi connectivity index (χ2v) is 6.56. The average Bonchev–Trinajstić information content (AvgIpc) is 2.74. The molecule has 0 aliphatic carbocycles. The predicted molar refractivity (Wildman–Crippen MR) is 115 cm³/mol. The van der Waals surface area contributed by atoms with Crippen molar-refractivity contribution in [3.05, 3.63) is 58.7 Å². The molecule has 0 aromatic heterocycles. The van der Waals surface area contributed by atoms with Crippen molar-refractivity contribution in [2.75, 3.05) is 19.8 Å². The molecule has 2 rings (SSSR count). The zero-order chi connectivity index (χ0) is 22.8. The summed E-state index contributed by atoms with van der Waals surface area (Å²) in [5.74, 6) is -0.164. The third-order valence-corrected chi connectivity index (χ3v) is 4.11. The first kappa shape index (κ1) is 23.5. The highest BCUT2D eigenvalue weighted by Gasteiger charge is 2.14. The fourth-order valence-corrected chi connectivity index (χ4v) is 2.63. The van der Waals surface area contributed by atoms with E-state index in [1.54, 1.807) is 26.0 Å². The Kier molecular flexibility index (Phi) is 8.64. The molecule has 7 heteroatoms. The minimum atomic E-state index is -0.706. The lowest BCUT2D eigenvalue weighted by molar-refractivity contribution is -0.138. The quantitative estimate of drug-likeness (QED) is 0.259. The fourth-order valence-electron chi connectivity index (χ4n) is 2.63. The first-order valence-electron chi connectivity index (χ1n) is 9.84. The van der Waals surface area contributed by atoms with Crippen LogP contribution in [-0.4, -0.2) is 31.8 Å². The molecule has 0 spiro atoms. The molecule has 7 nitrogen and oxygen atoms in total. The molecular formula is C24H25NO6. The molecule has 162 valence electrons. The Morgan fingerprint density at radius 2 is 1.74 bits per heavy atom. The molecule has 0 saturated heterocycles. The molecule has 0 radical (unpaired) electrons. The van der Waals surface area contributed by atoms with Gasteiger partial charge in [-0.1, -0.05) is 18.2 Å². The van der Waals surface area contributed by atoms with E-state index in [-0.39, 0.29) is 24.5 Å². The largest absolute Gasteiger partial charge is 0.490 e. The number of aryl methyl sites for hydroxylation is 2. The molecule has 2 aromatic carbocycles. The highest BCUT2D eigenvalue weighted by Crippen LogP contribution is 2.30. The molecule has 0 aliphatic rings. The molecule has 0 unspecified atom stereocenters. The molecule has 0 atom stereocenters. The molecule has 0 amide bonds. The number of ether oxygens (including phenoxy) is 4. The molecule has 0 bridgehead atoms. The number of nitrogens with zero attached hydrogens (tertiary/aromatic N) is 1. The maximum absolute atomic E-state index is 12.3. The van der Waals surface area contributed by atoms with Crippen molar-refractivity contribution in [1.82, 2.24) is 0 Å². The van der Waals surface area contributed by atoms with Gasteiger partial charge in [0, 0.05) is 0 Å². The summed E-state index contributed by atoms with van der Waals surface area (Å²) in [6, 6.07) is 12.3. The van der Waals surface area contributed by atoms with Crippen molar-refractivity contribution in [1.29, 1.82) is 5.26 Å². The molecule has 2 aromatic rings. The Morgan fingerprint density at radius 1 is 0.968 bits per heavy atom. The smallest absolute Gasteiger partial charge is 0.349 e. The van der Waals surface area contributed by atoms with Crippen LogP contribution in [0.25, 0.3) is 6.08 Å². The summed E-state index contributed by atoms with van der Waals surface area (Å²) < 4.78 is 21.4. The molecular weight excluding hydrogens is 398 g/mol. The summed E-state index contributed by atoms with van der Waals surface area (Å²) >= 11 is 0. The number of rotatable bonds is 9. The van der Waals surface area contributed by atoms with Crippen LogP contribution in [-0.2, 0) is 14.3 Å². The van der Waals surface area contributed by atoms with E-state index < -0.39 is 11.9 Å². The van der Waals surface area contributed by atoms with Gasteiger partial charge in [-0.15, -0.1) is 0 Å². The van der Waals surface area contributed by atoms with Gasteiger partial charge in [-0.05, 0) is 68.7 Å². The molecule has 0 saturated carbocycles. The standard InChI is InChI=1S/C24H25NO6/c1-5-28-22-13-18(12-19(14-25)24(27)29-6-2)9-10-20(22)31-23(26)15-30-21-11-16(3)7-8-17(21)4/h7-13H,5-6,15H2,1-4H3/b19-12+. The number of hydrogen-bond donors (Lipinski definition) is 0. The van der Waals surface area contributed by atoms with E-state index in [2.05, 4.69) is 0 Å². The SMILES string of the molecule is CCOC(=O)/C(C#N)=C/c1ccc(OC(=O)COc2cc(C)ccc2C)c(OCC)c1. The Balaban J connectivity index is 2.15. The van der Waals surface area contributed by atoms with E-state index in [1.807, 2.05) is 38.1 Å². The van der Waals surface area contributed by atoms with E-state index in [0.717, 1.165) is 11.1 Å². The van der Waals surface area contributed by atoms with Gasteiger partial charge in [0.15, 0.2) is 18.1 Å². The second-order valence-electron chi connectivity index (χ2n) is 6.56. The third kappa shape index (κ3) is 6.89. The van der Waals surface area contributed by atoms with Crippen molar-refractivity contribution in [2.24, 2.45) is 0 Å². The highest BCUT2D eigenvalue weighted by molar-refractivity contribution is 5.98. The van der Waals surface area contributed by atoms with Crippen LogP contribution in [0.2, 0.25) is 0 Å². The van der Waals surface area contributed by atoms with Gasteiger partial charge in [0.05, 0.1) is 13.2 Å². The van der Waals surface area contributed by atoms with E-state index in [1.165, 1.54) is 12.1 Å². The summed E-state index contributed by atoms with van der Waals surface area (Å²) in [5, 5.41) is 9.19. The van der Waals surface area contributed by atoms with Crippen molar-refractivity contribution in [2.45, 2.75) is 27.7 Å². The normalized spacial score (nSPS) is 10.7. The topological polar surface area (TPSA) is 94.9 Å². The zero-order valence-electron chi connectivity index (χ0n) is 18.1. The van der Waals surface area contributed by atoms with Crippen LogP contribution < -0.4 is 14.2 Å². The van der Waals surface area contributed by atoms with Crippen LogP contribution in [0.4, 0.5) is 0 Å². The number of carbonyl (C=O) groups excluding carboxylic acids is 2. The molecule has 0 aliphatic heterocycles. The Bertz CT molecular complexity index is 1020. The summed E-state index contributed by atoms with van der Waals surface area (Å²) in [5.41, 5.74) is 2.32. The van der Waals surface area contributed by atoms with E-state index in [0.29, 0.717) is 23.7 Å². The summed E-state index contributed by atoms with van der Waals surface area (Å²) in [7, 11) is 0. The van der Waals surface area contributed by atoms with Gasteiger partial charge in [-0.2, -0.15) is 5.26 Å². The van der Waals surface area contributed by atoms with Crippen LogP contribution >= 0.6 is 0 Å². The monoisotopic (exact) mass is 423 g/mol. The Hall–Kier alpha value is -3.79. The third-order valence-electron chi connectivity index (χ3n) is 4.11. The van der Waals surface area contributed by atoms with Crippen molar-refractivity contribution in [3.8, 4) is 23.3 Å². The van der Waals surface area contributed by atoms with Crippen LogP contribution in [0, 0.1) is 25.2 Å².